The van der Waals surface area contributed by atoms with Crippen molar-refractivity contribution in [3.63, 3.8) is 0 Å². The van der Waals surface area contributed by atoms with Crippen LogP contribution >= 0.6 is 0 Å². The van der Waals surface area contributed by atoms with E-state index in [-0.39, 0.29) is 11.3 Å². The van der Waals surface area contributed by atoms with Crippen LogP contribution in [0, 0.1) is 5.41 Å². The van der Waals surface area contributed by atoms with Gasteiger partial charge in [-0.15, -0.1) is 0 Å². The highest BCUT2D eigenvalue weighted by Crippen LogP contribution is 2.26. The van der Waals surface area contributed by atoms with Crippen LogP contribution in [-0.4, -0.2) is 22.4 Å². The number of aromatic amines is 1. The molecule has 3 rings (SSSR count). The third-order valence-corrected chi connectivity index (χ3v) is 3.68. The van der Waals surface area contributed by atoms with E-state index in [1.54, 1.807) is 6.20 Å². The van der Waals surface area contributed by atoms with Gasteiger partial charge in [-0.2, -0.15) is 0 Å². The van der Waals surface area contributed by atoms with Crippen LogP contribution in [0.5, 0.6) is 0 Å². The molecule has 2 aromatic heterocycles. The number of hydrogen-bond acceptors (Lipinski definition) is 2. The van der Waals surface area contributed by atoms with Crippen molar-refractivity contribution >= 4 is 16.8 Å². The zero-order chi connectivity index (χ0) is 16.4. The molecule has 0 saturated carbocycles. The summed E-state index contributed by atoms with van der Waals surface area (Å²) in [7, 11) is 0. The third-order valence-electron chi connectivity index (χ3n) is 3.68. The molecule has 0 radical (unpaired) electrons. The van der Waals surface area contributed by atoms with Crippen LogP contribution in [-0.2, 0) is 0 Å². The number of carbonyl (C=O) groups excluding carboxylic acids is 1. The van der Waals surface area contributed by atoms with Gasteiger partial charge in [0.05, 0.1) is 5.69 Å². The lowest BCUT2D eigenvalue weighted by Gasteiger charge is -2.18. The Kier molecular flexibility index (Phi) is 3.90. The van der Waals surface area contributed by atoms with Crippen LogP contribution in [0.15, 0.2) is 48.8 Å². The summed E-state index contributed by atoms with van der Waals surface area (Å²) in [6.07, 6.45) is 3.70. The maximum atomic E-state index is 12.2. The first-order valence-electron chi connectivity index (χ1n) is 7.75. The molecule has 0 fully saturated rings. The van der Waals surface area contributed by atoms with Crippen LogP contribution in [0.3, 0.4) is 0 Å². The van der Waals surface area contributed by atoms with Gasteiger partial charge in [0.2, 0.25) is 0 Å². The number of nitrogens with zero attached hydrogens (tertiary/aromatic N) is 1. The number of carbonyl (C=O) groups is 1. The number of amides is 1. The largest absolute Gasteiger partial charge is 0.361 e. The molecule has 0 atom stereocenters. The van der Waals surface area contributed by atoms with Gasteiger partial charge in [0.1, 0.15) is 0 Å². The average Bonchev–Trinajstić information content (AvgIpc) is 3.00. The van der Waals surface area contributed by atoms with Gasteiger partial charge in [-0.05, 0) is 29.7 Å². The number of fused-ring (bicyclic) bond motifs is 1. The molecule has 0 bridgehead atoms. The molecule has 0 saturated heterocycles. The molecule has 0 aliphatic heterocycles. The molecule has 0 unspecified atom stereocenters. The van der Waals surface area contributed by atoms with Crippen molar-refractivity contribution in [1.29, 1.82) is 0 Å². The Morgan fingerprint density at radius 3 is 2.57 bits per heavy atom. The van der Waals surface area contributed by atoms with Crippen LogP contribution < -0.4 is 5.32 Å². The fourth-order valence-corrected chi connectivity index (χ4v) is 2.44. The number of pyridine rings is 1. The summed E-state index contributed by atoms with van der Waals surface area (Å²) in [5.74, 6) is -0.0423. The molecule has 0 aliphatic carbocycles. The molecule has 0 aliphatic rings. The predicted molar refractivity (Wildman–Crippen MR) is 93.3 cm³/mol. The lowest BCUT2D eigenvalue weighted by molar-refractivity contribution is 0.0939. The molecular formula is C19H21N3O. The molecule has 118 valence electrons. The van der Waals surface area contributed by atoms with Crippen molar-refractivity contribution in [3.05, 3.63) is 54.4 Å². The Morgan fingerprint density at radius 2 is 1.87 bits per heavy atom. The normalized spacial score (nSPS) is 11.6. The number of hydrogen-bond donors (Lipinski definition) is 2. The maximum absolute atomic E-state index is 12.2. The van der Waals surface area contributed by atoms with Gasteiger partial charge < -0.3 is 10.3 Å². The fourth-order valence-electron chi connectivity index (χ4n) is 2.44. The summed E-state index contributed by atoms with van der Waals surface area (Å²) in [5.41, 5.74) is 3.72. The monoisotopic (exact) mass is 307 g/mol. The third kappa shape index (κ3) is 3.42. The first-order chi connectivity index (χ1) is 10.9. The summed E-state index contributed by atoms with van der Waals surface area (Å²) in [4.78, 5) is 19.8. The topological polar surface area (TPSA) is 57.8 Å². The quantitative estimate of drug-likeness (QED) is 0.768. The molecule has 2 N–H and O–H groups in total. The Hall–Kier alpha value is -2.62. The van der Waals surface area contributed by atoms with Crippen LogP contribution in [0.25, 0.3) is 22.2 Å². The van der Waals surface area contributed by atoms with Crippen molar-refractivity contribution in [3.8, 4) is 11.3 Å². The van der Waals surface area contributed by atoms with E-state index in [4.69, 9.17) is 0 Å². The molecule has 3 aromatic rings. The van der Waals surface area contributed by atoms with E-state index >= 15 is 0 Å². The molecule has 0 spiro atoms. The van der Waals surface area contributed by atoms with E-state index in [0.29, 0.717) is 12.1 Å². The Balaban J connectivity index is 1.82. The Morgan fingerprint density at radius 1 is 1.13 bits per heavy atom. The molecule has 4 nitrogen and oxygen atoms in total. The number of benzene rings is 1. The second-order valence-electron chi connectivity index (χ2n) is 6.92. The van der Waals surface area contributed by atoms with Crippen LogP contribution in [0.1, 0.15) is 31.1 Å². The maximum Gasteiger partial charge on any atom is 0.251 e. The average molecular weight is 307 g/mol. The molecular weight excluding hydrogens is 286 g/mol. The highest BCUT2D eigenvalue weighted by Gasteiger charge is 2.13. The lowest BCUT2D eigenvalue weighted by atomic mass is 9.97. The summed E-state index contributed by atoms with van der Waals surface area (Å²) in [6.45, 7) is 6.94. The number of aromatic nitrogens is 2. The highest BCUT2D eigenvalue weighted by atomic mass is 16.1. The van der Waals surface area contributed by atoms with Crippen molar-refractivity contribution in [2.24, 2.45) is 5.41 Å². The van der Waals surface area contributed by atoms with Crippen molar-refractivity contribution in [2.75, 3.05) is 6.54 Å². The van der Waals surface area contributed by atoms with Gasteiger partial charge in [-0.3, -0.25) is 9.78 Å². The molecule has 23 heavy (non-hydrogen) atoms. The van der Waals surface area contributed by atoms with E-state index in [2.05, 4.69) is 36.1 Å². The Bertz CT molecular complexity index is 826. The van der Waals surface area contributed by atoms with Gasteiger partial charge >= 0.3 is 0 Å². The van der Waals surface area contributed by atoms with Gasteiger partial charge in [0.15, 0.2) is 0 Å². The summed E-state index contributed by atoms with van der Waals surface area (Å²) in [6, 6.07) is 11.6. The number of nitrogens with one attached hydrogen (secondary N) is 2. The molecule has 1 aromatic carbocycles. The van der Waals surface area contributed by atoms with Crippen molar-refractivity contribution < 1.29 is 4.79 Å². The van der Waals surface area contributed by atoms with Crippen molar-refractivity contribution in [2.45, 2.75) is 20.8 Å². The van der Waals surface area contributed by atoms with Crippen molar-refractivity contribution in [1.82, 2.24) is 15.3 Å². The van der Waals surface area contributed by atoms with E-state index in [9.17, 15) is 4.79 Å². The Labute approximate surface area is 136 Å². The van der Waals surface area contributed by atoms with Gasteiger partial charge in [-0.25, -0.2) is 0 Å². The van der Waals surface area contributed by atoms with E-state index in [0.717, 1.165) is 22.2 Å². The van der Waals surface area contributed by atoms with E-state index in [1.807, 2.05) is 42.6 Å². The summed E-state index contributed by atoms with van der Waals surface area (Å²) >= 11 is 0. The van der Waals surface area contributed by atoms with Crippen LogP contribution in [0.2, 0.25) is 0 Å². The number of rotatable bonds is 3. The minimum absolute atomic E-state index is 0.0423. The zero-order valence-electron chi connectivity index (χ0n) is 13.7. The zero-order valence-corrected chi connectivity index (χ0v) is 13.7. The first-order valence-corrected chi connectivity index (χ1v) is 7.75. The SMILES string of the molecule is CC(C)(C)CNC(=O)c1ccc(-c2nccc3[nH]ccc23)cc1. The van der Waals surface area contributed by atoms with E-state index < -0.39 is 0 Å². The summed E-state index contributed by atoms with van der Waals surface area (Å²) in [5, 5.41) is 4.05. The number of H-pyrrole nitrogens is 1. The first kappa shape index (κ1) is 15.3. The minimum Gasteiger partial charge on any atom is -0.361 e. The predicted octanol–water partition coefficient (Wildman–Crippen LogP) is 4.01. The van der Waals surface area contributed by atoms with Gasteiger partial charge in [-0.1, -0.05) is 32.9 Å². The second kappa shape index (κ2) is 5.88. The van der Waals surface area contributed by atoms with Crippen LogP contribution in [0.4, 0.5) is 0 Å². The summed E-state index contributed by atoms with van der Waals surface area (Å²) < 4.78 is 0. The highest BCUT2D eigenvalue weighted by molar-refractivity contribution is 5.96. The standard InChI is InChI=1S/C19H21N3O/c1-19(2,3)12-22-18(23)14-6-4-13(5-7-14)17-15-8-10-20-16(15)9-11-21-17/h4-11,20H,12H2,1-3H3,(H,22,23). The second-order valence-corrected chi connectivity index (χ2v) is 6.92. The lowest BCUT2D eigenvalue weighted by Crippen LogP contribution is -2.32. The van der Waals surface area contributed by atoms with Gasteiger partial charge in [0, 0.05) is 41.0 Å². The molecule has 4 heteroatoms. The smallest absolute Gasteiger partial charge is 0.251 e. The molecule has 2 heterocycles. The van der Waals surface area contributed by atoms with Gasteiger partial charge in [0.25, 0.3) is 5.91 Å². The molecule has 1 amide bonds. The fraction of sp³-hybridized carbons (Fsp3) is 0.263. The van der Waals surface area contributed by atoms with E-state index in [1.165, 1.54) is 0 Å². The minimum atomic E-state index is -0.0423.